The van der Waals surface area contributed by atoms with Crippen molar-refractivity contribution in [2.45, 2.75) is 58.5 Å². The Kier molecular flexibility index (Phi) is 10.9. The number of allylic oxidation sites excluding steroid dienone is 1. The molecule has 0 unspecified atom stereocenters. The van der Waals surface area contributed by atoms with E-state index in [1.165, 1.54) is 0 Å². The van der Waals surface area contributed by atoms with Gasteiger partial charge >= 0.3 is 0 Å². The van der Waals surface area contributed by atoms with E-state index in [-0.39, 0.29) is 5.92 Å². The minimum Gasteiger partial charge on any atom is -0.477 e. The Bertz CT molecular complexity index is 739. The van der Waals surface area contributed by atoms with Crippen molar-refractivity contribution in [3.63, 3.8) is 0 Å². The van der Waals surface area contributed by atoms with Gasteiger partial charge in [-0.25, -0.2) is 4.98 Å². The van der Waals surface area contributed by atoms with Crippen molar-refractivity contribution in [3.8, 4) is 5.88 Å². The van der Waals surface area contributed by atoms with E-state index in [4.69, 9.17) is 24.9 Å². The number of rotatable bonds is 14. The maximum absolute atomic E-state index is 11.6. The molecule has 0 radical (unpaired) electrons. The number of aromatic nitrogens is 2. The number of fused-ring (bicyclic) bond motifs is 1. The summed E-state index contributed by atoms with van der Waals surface area (Å²) in [5, 5.41) is 3.17. The summed E-state index contributed by atoms with van der Waals surface area (Å²) in [6, 6.07) is 0. The summed E-state index contributed by atoms with van der Waals surface area (Å²) in [7, 11) is 3.64. The topological polar surface area (TPSA) is 109 Å². The van der Waals surface area contributed by atoms with Crippen LogP contribution in [0.1, 0.15) is 69.0 Å². The fourth-order valence-electron chi connectivity index (χ4n) is 3.66. The number of carbonyl (C=O) groups excluding carboxylic acids is 1. The summed E-state index contributed by atoms with van der Waals surface area (Å²) in [4.78, 5) is 21.0. The van der Waals surface area contributed by atoms with Gasteiger partial charge < -0.3 is 25.3 Å². The molecular weight excluding hydrogens is 396 g/mol. The fourth-order valence-corrected chi connectivity index (χ4v) is 3.66. The molecule has 0 aliphatic carbocycles. The van der Waals surface area contributed by atoms with Gasteiger partial charge in [-0.2, -0.15) is 4.98 Å². The molecule has 2 atom stereocenters. The number of nitrogens with zero attached hydrogens (tertiary/aromatic N) is 2. The zero-order valence-corrected chi connectivity index (χ0v) is 19.4. The van der Waals surface area contributed by atoms with E-state index in [2.05, 4.69) is 17.2 Å². The minimum atomic E-state index is 0.0690. The molecule has 2 rings (SSSR count). The van der Waals surface area contributed by atoms with Crippen LogP contribution < -0.4 is 15.8 Å². The van der Waals surface area contributed by atoms with Crippen LogP contribution in [0.3, 0.4) is 0 Å². The van der Waals surface area contributed by atoms with Gasteiger partial charge in [-0.15, -0.1) is 0 Å². The molecule has 0 saturated carbocycles. The Balaban J connectivity index is 2.37. The van der Waals surface area contributed by atoms with Gasteiger partial charge in [0.2, 0.25) is 5.88 Å². The highest BCUT2D eigenvalue weighted by molar-refractivity contribution is 5.85. The Morgan fingerprint density at radius 3 is 2.90 bits per heavy atom. The Morgan fingerprint density at radius 2 is 2.23 bits per heavy atom. The molecule has 0 amide bonds. The normalized spacial score (nSPS) is 17.6. The van der Waals surface area contributed by atoms with Gasteiger partial charge in [0.1, 0.15) is 6.29 Å². The van der Waals surface area contributed by atoms with Gasteiger partial charge in [0.15, 0.2) is 5.82 Å². The molecule has 8 heteroatoms. The number of nitrogens with two attached hydrogens (primary N) is 1. The van der Waals surface area contributed by atoms with E-state index < -0.39 is 0 Å². The van der Waals surface area contributed by atoms with E-state index in [1.54, 1.807) is 7.11 Å². The lowest BCUT2D eigenvalue weighted by atomic mass is 9.96. The zero-order chi connectivity index (χ0) is 22.6. The largest absolute Gasteiger partial charge is 0.477 e. The number of nitrogens with one attached hydrogen (secondary N) is 1. The van der Waals surface area contributed by atoms with Crippen LogP contribution in [-0.4, -0.2) is 56.8 Å². The molecule has 31 heavy (non-hydrogen) atoms. The molecule has 0 spiro atoms. The number of hydrogen-bond donors (Lipinski definition) is 2. The first-order valence-electron chi connectivity index (χ1n) is 11.2. The number of aldehydes is 1. The lowest BCUT2D eigenvalue weighted by Crippen LogP contribution is -2.24. The van der Waals surface area contributed by atoms with Crippen LogP contribution in [-0.2, 0) is 20.9 Å². The highest BCUT2D eigenvalue weighted by Crippen LogP contribution is 2.34. The second-order valence-electron chi connectivity index (χ2n) is 8.18. The molecule has 0 saturated heterocycles. The molecule has 0 fully saturated rings. The summed E-state index contributed by atoms with van der Waals surface area (Å²) < 4.78 is 17.2. The summed E-state index contributed by atoms with van der Waals surface area (Å²) in [5.74, 6) is 1.32. The first-order valence-corrected chi connectivity index (χ1v) is 11.2. The number of carbonyl (C=O) groups is 1. The number of methoxy groups -OCH3 is 1. The predicted octanol–water partition coefficient (Wildman–Crippen LogP) is 2.81. The van der Waals surface area contributed by atoms with Crippen molar-refractivity contribution in [2.24, 2.45) is 11.7 Å². The number of ether oxygens (including phenoxy) is 3. The second kappa shape index (κ2) is 13.4. The third-order valence-electron chi connectivity index (χ3n) is 5.50. The Morgan fingerprint density at radius 1 is 1.42 bits per heavy atom. The molecule has 1 aromatic heterocycles. The SMILES string of the molecule is CCC/C(C=O)=C(/N)c1nc(OC[C@@H](C)CCCNC)c2c(n1)[C@@H](CCOC)COC2. The predicted molar refractivity (Wildman–Crippen MR) is 121 cm³/mol. The van der Waals surface area contributed by atoms with E-state index in [1.807, 2.05) is 14.0 Å². The van der Waals surface area contributed by atoms with Crippen molar-refractivity contribution in [1.29, 1.82) is 0 Å². The van der Waals surface area contributed by atoms with Crippen molar-refractivity contribution in [1.82, 2.24) is 15.3 Å². The van der Waals surface area contributed by atoms with Crippen LogP contribution in [0.4, 0.5) is 0 Å². The maximum Gasteiger partial charge on any atom is 0.222 e. The Hall–Kier alpha value is -2.03. The highest BCUT2D eigenvalue weighted by Gasteiger charge is 2.28. The zero-order valence-electron chi connectivity index (χ0n) is 19.4. The lowest BCUT2D eigenvalue weighted by molar-refractivity contribution is -0.105. The highest BCUT2D eigenvalue weighted by atomic mass is 16.5. The number of hydrogen-bond acceptors (Lipinski definition) is 8. The monoisotopic (exact) mass is 434 g/mol. The molecule has 0 aromatic carbocycles. The maximum atomic E-state index is 11.6. The second-order valence-corrected chi connectivity index (χ2v) is 8.18. The van der Waals surface area contributed by atoms with Crippen LogP contribution in [0.2, 0.25) is 0 Å². The van der Waals surface area contributed by atoms with Crippen LogP contribution in [0, 0.1) is 5.92 Å². The summed E-state index contributed by atoms with van der Waals surface area (Å²) >= 11 is 0. The van der Waals surface area contributed by atoms with Gasteiger partial charge in [-0.05, 0) is 45.2 Å². The first kappa shape index (κ1) is 25.2. The van der Waals surface area contributed by atoms with Crippen LogP contribution in [0.5, 0.6) is 5.88 Å². The third kappa shape index (κ3) is 7.26. The van der Waals surface area contributed by atoms with Crippen molar-refractivity contribution in [3.05, 3.63) is 22.7 Å². The molecule has 8 nitrogen and oxygen atoms in total. The fraction of sp³-hybridized carbons (Fsp3) is 0.696. The minimum absolute atomic E-state index is 0.0690. The Labute approximate surface area is 186 Å². The molecule has 1 aliphatic heterocycles. The average molecular weight is 435 g/mol. The molecular formula is C23H38N4O4. The van der Waals surface area contributed by atoms with Crippen LogP contribution in [0.25, 0.3) is 5.70 Å². The molecule has 1 aliphatic rings. The van der Waals surface area contributed by atoms with Crippen molar-refractivity contribution < 1.29 is 19.0 Å². The standard InChI is InChI=1S/C23H38N4O4/c1-5-7-17(12-28)20(24)22-26-21-18(9-11-29-4)14-30-15-19(21)23(27-22)31-13-16(2)8-6-10-25-3/h12,16,18,25H,5-11,13-15,24H2,1-4H3/b20-17-/t16-,18-/m0/s1. The molecule has 1 aromatic rings. The summed E-state index contributed by atoms with van der Waals surface area (Å²) in [6.45, 7) is 7.28. The van der Waals surface area contributed by atoms with E-state index >= 15 is 0 Å². The molecule has 3 N–H and O–H groups in total. The van der Waals surface area contributed by atoms with E-state index in [0.29, 0.717) is 61.7 Å². The van der Waals surface area contributed by atoms with Gasteiger partial charge in [-0.1, -0.05) is 20.3 Å². The molecule has 2 heterocycles. The van der Waals surface area contributed by atoms with Gasteiger partial charge in [-0.3, -0.25) is 4.79 Å². The average Bonchev–Trinajstić information content (AvgIpc) is 2.79. The van der Waals surface area contributed by atoms with Gasteiger partial charge in [0.25, 0.3) is 0 Å². The molecule has 174 valence electrons. The van der Waals surface area contributed by atoms with Crippen LogP contribution >= 0.6 is 0 Å². The summed E-state index contributed by atoms with van der Waals surface area (Å²) in [6.07, 6.45) is 5.13. The van der Waals surface area contributed by atoms with Gasteiger partial charge in [0, 0.05) is 25.2 Å². The van der Waals surface area contributed by atoms with Gasteiger partial charge in [0.05, 0.1) is 36.8 Å². The third-order valence-corrected chi connectivity index (χ3v) is 5.50. The molecule has 0 bridgehead atoms. The lowest BCUT2D eigenvalue weighted by Gasteiger charge is -2.27. The first-order chi connectivity index (χ1) is 15.0. The van der Waals surface area contributed by atoms with Crippen LogP contribution in [0.15, 0.2) is 5.57 Å². The van der Waals surface area contributed by atoms with Crippen molar-refractivity contribution >= 4 is 12.0 Å². The van der Waals surface area contributed by atoms with E-state index in [9.17, 15) is 4.79 Å². The van der Waals surface area contributed by atoms with Crippen molar-refractivity contribution in [2.75, 3.05) is 40.5 Å². The smallest absolute Gasteiger partial charge is 0.222 e. The van der Waals surface area contributed by atoms with E-state index in [0.717, 1.165) is 49.8 Å². The summed E-state index contributed by atoms with van der Waals surface area (Å²) in [5.41, 5.74) is 8.93. The quantitative estimate of drug-likeness (QED) is 0.261.